The molecule has 1 fully saturated rings. The van der Waals surface area contributed by atoms with Gasteiger partial charge in [0.25, 0.3) is 11.8 Å². The normalized spacial score (nSPS) is 15.2. The van der Waals surface area contributed by atoms with E-state index in [-0.39, 0.29) is 17.7 Å². The number of rotatable bonds is 3. The molecule has 0 spiro atoms. The minimum absolute atomic E-state index is 0.211. The van der Waals surface area contributed by atoms with Crippen molar-refractivity contribution in [3.63, 3.8) is 0 Å². The first-order valence-electron chi connectivity index (χ1n) is 7.86. The molecule has 1 aliphatic heterocycles. The molecule has 9 heteroatoms. The highest BCUT2D eigenvalue weighted by atomic mass is 79.9. The van der Waals surface area contributed by atoms with E-state index in [1.807, 2.05) is 0 Å². The summed E-state index contributed by atoms with van der Waals surface area (Å²) in [6.45, 7) is 0.755. The predicted octanol–water partition coefficient (Wildman–Crippen LogP) is 3.49. The molecule has 138 valence electrons. The van der Waals surface area contributed by atoms with Gasteiger partial charge in [-0.3, -0.25) is 9.59 Å². The summed E-state index contributed by atoms with van der Waals surface area (Å²) in [5.74, 6) is -5.41. The smallest absolute Gasteiger partial charge is 0.289 e. The molecule has 0 bridgehead atoms. The van der Waals surface area contributed by atoms with E-state index in [0.717, 1.165) is 6.07 Å². The van der Waals surface area contributed by atoms with Crippen LogP contribution in [0.4, 0.5) is 13.2 Å². The maximum atomic E-state index is 13.7. The van der Waals surface area contributed by atoms with Crippen LogP contribution in [-0.2, 0) is 0 Å². The maximum Gasteiger partial charge on any atom is 0.289 e. The zero-order valence-electron chi connectivity index (χ0n) is 13.4. The third-order valence-electron chi connectivity index (χ3n) is 4.18. The summed E-state index contributed by atoms with van der Waals surface area (Å²) in [6, 6.07) is 4.48. The number of likely N-dealkylation sites (tertiary alicyclic amines) is 1. The first-order chi connectivity index (χ1) is 12.4. The number of carbonyl (C=O) groups excluding carboxylic acids is 2. The third kappa shape index (κ3) is 3.77. The zero-order chi connectivity index (χ0) is 18.8. The van der Waals surface area contributed by atoms with Crippen molar-refractivity contribution >= 4 is 27.7 Å². The summed E-state index contributed by atoms with van der Waals surface area (Å²) in [4.78, 5) is 26.0. The summed E-state index contributed by atoms with van der Waals surface area (Å²) in [5, 5.41) is 2.59. The average molecular weight is 431 g/mol. The number of nitrogens with zero attached hydrogens (tertiary/aromatic N) is 1. The second-order valence-corrected chi connectivity index (χ2v) is 6.65. The van der Waals surface area contributed by atoms with Gasteiger partial charge in [-0.1, -0.05) is 0 Å². The van der Waals surface area contributed by atoms with Crippen LogP contribution in [0.2, 0.25) is 0 Å². The fourth-order valence-electron chi connectivity index (χ4n) is 2.78. The number of benzene rings is 1. The molecule has 5 nitrogen and oxygen atoms in total. The monoisotopic (exact) mass is 430 g/mol. The fourth-order valence-corrected chi connectivity index (χ4v) is 3.08. The minimum Gasteiger partial charge on any atom is -0.444 e. The van der Waals surface area contributed by atoms with Gasteiger partial charge in [-0.15, -0.1) is 0 Å². The second-order valence-electron chi connectivity index (χ2n) is 5.87. The Hall–Kier alpha value is -2.29. The molecule has 3 rings (SSSR count). The molecule has 0 aliphatic carbocycles. The Morgan fingerprint density at radius 3 is 2.38 bits per heavy atom. The van der Waals surface area contributed by atoms with Crippen LogP contribution in [0.5, 0.6) is 0 Å². The lowest BCUT2D eigenvalue weighted by Gasteiger charge is -2.31. The Morgan fingerprint density at radius 1 is 1.08 bits per heavy atom. The molecular formula is C17H14BrF3N2O3. The van der Waals surface area contributed by atoms with Gasteiger partial charge in [-0.2, -0.15) is 0 Å². The molecule has 26 heavy (non-hydrogen) atoms. The number of halogens is 4. The van der Waals surface area contributed by atoms with Crippen molar-refractivity contribution in [1.29, 1.82) is 0 Å². The topological polar surface area (TPSA) is 62.6 Å². The molecule has 0 radical (unpaired) electrons. The molecule has 1 aliphatic rings. The lowest BCUT2D eigenvalue weighted by atomic mass is 10.0. The highest BCUT2D eigenvalue weighted by Crippen LogP contribution is 2.20. The molecular weight excluding hydrogens is 417 g/mol. The SMILES string of the molecule is O=C(NC1CCN(C(=O)c2ccc(Br)o2)CC1)c1ccc(F)c(F)c1F. The predicted molar refractivity (Wildman–Crippen MR) is 89.1 cm³/mol. The summed E-state index contributed by atoms with van der Waals surface area (Å²) < 4.78 is 45.6. The van der Waals surface area contributed by atoms with Gasteiger partial charge in [0.1, 0.15) is 0 Å². The van der Waals surface area contributed by atoms with Crippen molar-refractivity contribution in [2.45, 2.75) is 18.9 Å². The van der Waals surface area contributed by atoms with Gasteiger partial charge in [0, 0.05) is 19.1 Å². The number of carbonyl (C=O) groups is 2. The van der Waals surface area contributed by atoms with Crippen LogP contribution in [0.15, 0.2) is 33.4 Å². The number of piperidine rings is 1. The molecule has 1 aromatic carbocycles. The van der Waals surface area contributed by atoms with Gasteiger partial charge in [-0.05, 0) is 53.0 Å². The van der Waals surface area contributed by atoms with Crippen molar-refractivity contribution in [2.75, 3.05) is 13.1 Å². The summed E-state index contributed by atoms with van der Waals surface area (Å²) >= 11 is 3.13. The van der Waals surface area contributed by atoms with E-state index in [2.05, 4.69) is 21.2 Å². The van der Waals surface area contributed by atoms with E-state index in [1.54, 1.807) is 17.0 Å². The zero-order valence-corrected chi connectivity index (χ0v) is 15.0. The number of furan rings is 1. The van der Waals surface area contributed by atoms with Crippen molar-refractivity contribution < 1.29 is 27.2 Å². The van der Waals surface area contributed by atoms with Crippen LogP contribution in [-0.4, -0.2) is 35.8 Å². The Bertz CT molecular complexity index is 848. The number of hydrogen-bond acceptors (Lipinski definition) is 3. The number of hydrogen-bond donors (Lipinski definition) is 1. The minimum atomic E-state index is -1.68. The van der Waals surface area contributed by atoms with Crippen LogP contribution in [0.1, 0.15) is 33.8 Å². The lowest BCUT2D eigenvalue weighted by Crippen LogP contribution is -2.46. The van der Waals surface area contributed by atoms with Gasteiger partial charge in [-0.25, -0.2) is 13.2 Å². The molecule has 2 aromatic rings. The van der Waals surface area contributed by atoms with Gasteiger partial charge in [0.15, 0.2) is 27.9 Å². The standard InChI is InChI=1S/C17H14BrF3N2O3/c18-13-4-3-12(26-13)17(25)23-7-5-9(6-8-23)22-16(24)10-1-2-11(19)15(21)14(10)20/h1-4,9H,5-8H2,(H,22,24). The van der Waals surface area contributed by atoms with Crippen molar-refractivity contribution in [2.24, 2.45) is 0 Å². The van der Waals surface area contributed by atoms with E-state index < -0.39 is 28.9 Å². The summed E-state index contributed by atoms with van der Waals surface area (Å²) in [7, 11) is 0. The van der Waals surface area contributed by atoms with E-state index in [1.165, 1.54) is 0 Å². The van der Waals surface area contributed by atoms with E-state index in [0.29, 0.717) is 36.7 Å². The fraction of sp³-hybridized carbons (Fsp3) is 0.294. The van der Waals surface area contributed by atoms with Crippen molar-refractivity contribution in [1.82, 2.24) is 10.2 Å². The summed E-state index contributed by atoms with van der Waals surface area (Å²) in [5.41, 5.74) is -0.553. The quantitative estimate of drug-likeness (QED) is 0.758. The van der Waals surface area contributed by atoms with E-state index >= 15 is 0 Å². The lowest BCUT2D eigenvalue weighted by molar-refractivity contribution is 0.0665. The molecule has 1 aromatic heterocycles. The molecule has 2 heterocycles. The average Bonchev–Trinajstić information content (AvgIpc) is 3.06. The second kappa shape index (κ2) is 7.53. The van der Waals surface area contributed by atoms with Crippen molar-refractivity contribution in [3.05, 3.63) is 57.7 Å². The third-order valence-corrected chi connectivity index (χ3v) is 4.61. The molecule has 1 N–H and O–H groups in total. The highest BCUT2D eigenvalue weighted by Gasteiger charge is 2.27. The first-order valence-corrected chi connectivity index (χ1v) is 8.65. The molecule has 2 amide bonds. The van der Waals surface area contributed by atoms with Crippen LogP contribution in [0, 0.1) is 17.5 Å². The Morgan fingerprint density at radius 2 is 1.77 bits per heavy atom. The van der Waals surface area contributed by atoms with E-state index in [9.17, 15) is 22.8 Å². The van der Waals surface area contributed by atoms with Gasteiger partial charge >= 0.3 is 0 Å². The van der Waals surface area contributed by atoms with E-state index in [4.69, 9.17) is 4.42 Å². The largest absolute Gasteiger partial charge is 0.444 e. The number of amides is 2. The van der Waals surface area contributed by atoms with Crippen LogP contribution in [0.3, 0.4) is 0 Å². The van der Waals surface area contributed by atoms with Gasteiger partial charge in [0.2, 0.25) is 0 Å². The molecule has 0 atom stereocenters. The Labute approximate surface area is 155 Å². The first kappa shape index (κ1) is 18.5. The molecule has 1 saturated heterocycles. The van der Waals surface area contributed by atoms with Gasteiger partial charge < -0.3 is 14.6 Å². The van der Waals surface area contributed by atoms with Gasteiger partial charge in [0.05, 0.1) is 5.56 Å². The number of nitrogens with one attached hydrogen (secondary N) is 1. The van der Waals surface area contributed by atoms with Crippen LogP contribution in [0.25, 0.3) is 0 Å². The Balaban J connectivity index is 1.58. The highest BCUT2D eigenvalue weighted by molar-refractivity contribution is 9.10. The van der Waals surface area contributed by atoms with Crippen LogP contribution >= 0.6 is 15.9 Å². The van der Waals surface area contributed by atoms with Crippen LogP contribution < -0.4 is 5.32 Å². The Kier molecular flexibility index (Phi) is 5.36. The molecule has 0 saturated carbocycles. The van der Waals surface area contributed by atoms with Crippen molar-refractivity contribution in [3.8, 4) is 0 Å². The molecule has 0 unspecified atom stereocenters. The summed E-state index contributed by atoms with van der Waals surface area (Å²) in [6.07, 6.45) is 0.898. The maximum absolute atomic E-state index is 13.7.